The number of hydrogen-bond donors (Lipinski definition) is 1. The number of allylic oxidation sites excluding steroid dienone is 8. The highest BCUT2D eigenvalue weighted by Crippen LogP contribution is 2.42. The average Bonchev–Trinajstić information content (AvgIpc) is 3.18. The summed E-state index contributed by atoms with van der Waals surface area (Å²) in [6.07, 6.45) is 50.2. The van der Waals surface area contributed by atoms with Gasteiger partial charge in [-0.05, 0) is 77.0 Å². The second-order valence-corrected chi connectivity index (χ2v) is 16.4. The monoisotopic (exact) mass is 795 g/mol. The maximum Gasteiger partial charge on any atom is 0.472 e. The number of esters is 2. The van der Waals surface area contributed by atoms with Gasteiger partial charge in [0.15, 0.2) is 6.10 Å². The van der Waals surface area contributed by atoms with Gasteiger partial charge in [0.25, 0.3) is 0 Å². The predicted molar refractivity (Wildman–Crippen MR) is 230 cm³/mol. The van der Waals surface area contributed by atoms with Crippen molar-refractivity contribution in [3.05, 3.63) is 48.6 Å². The number of rotatable bonds is 41. The molecule has 0 aromatic heterocycles. The molecule has 0 aliphatic rings. The number of phosphoric acid groups is 1. The lowest BCUT2D eigenvalue weighted by Crippen LogP contribution is -2.29. The van der Waals surface area contributed by atoms with E-state index < -0.39 is 26.5 Å². The van der Waals surface area contributed by atoms with Crippen molar-refractivity contribution in [1.82, 2.24) is 0 Å². The van der Waals surface area contributed by atoms with Crippen LogP contribution in [0.2, 0.25) is 0 Å². The summed E-state index contributed by atoms with van der Waals surface area (Å²) in [7, 11) is -3.21. The summed E-state index contributed by atoms with van der Waals surface area (Å²) >= 11 is 0. The van der Waals surface area contributed by atoms with Crippen molar-refractivity contribution >= 4 is 19.8 Å². The third kappa shape index (κ3) is 41.5. The van der Waals surface area contributed by atoms with Crippen molar-refractivity contribution in [3.63, 3.8) is 0 Å². The molecule has 0 bridgehead atoms. The molecule has 9 heteroatoms. The highest BCUT2D eigenvalue weighted by Gasteiger charge is 2.24. The second kappa shape index (κ2) is 41.6. The lowest BCUT2D eigenvalue weighted by Gasteiger charge is -2.19. The lowest BCUT2D eigenvalue weighted by molar-refractivity contribution is -0.161. The summed E-state index contributed by atoms with van der Waals surface area (Å²) in [6, 6.07) is 0. The zero-order chi connectivity index (χ0) is 40.3. The molecule has 0 radical (unpaired) electrons. The molecular weight excluding hydrogens is 711 g/mol. The van der Waals surface area contributed by atoms with Crippen LogP contribution in [0, 0.1) is 0 Å². The summed E-state index contributed by atoms with van der Waals surface area (Å²) < 4.78 is 32.0. The summed E-state index contributed by atoms with van der Waals surface area (Å²) in [5.74, 6) is -0.823. The lowest BCUT2D eigenvalue weighted by atomic mass is 10.1. The number of carbonyl (C=O) groups is 2. The Balaban J connectivity index is 3.99. The molecule has 0 aliphatic heterocycles. The van der Waals surface area contributed by atoms with E-state index in [1.54, 1.807) is 0 Å². The molecule has 0 saturated carbocycles. The van der Waals surface area contributed by atoms with Gasteiger partial charge in [-0.25, -0.2) is 4.57 Å². The molecule has 55 heavy (non-hydrogen) atoms. The van der Waals surface area contributed by atoms with Crippen LogP contribution in [0.5, 0.6) is 0 Å². The van der Waals surface area contributed by atoms with Crippen LogP contribution in [0.15, 0.2) is 48.6 Å². The smallest absolute Gasteiger partial charge is 0.462 e. The SMILES string of the molecule is CCCCC/C=C\C/C=C\CCCCCCCC(=O)OCC(COP(=O)(O)OC)OC(=O)CCCCCCCCCCC/C=C\C/C=C\CCCCCCC. The summed E-state index contributed by atoms with van der Waals surface area (Å²) in [4.78, 5) is 34.5. The molecule has 320 valence electrons. The van der Waals surface area contributed by atoms with E-state index in [0.29, 0.717) is 6.42 Å². The minimum absolute atomic E-state index is 0.235. The van der Waals surface area contributed by atoms with E-state index in [9.17, 15) is 19.0 Å². The van der Waals surface area contributed by atoms with Crippen molar-refractivity contribution in [3.8, 4) is 0 Å². The molecule has 0 fully saturated rings. The Morgan fingerprint density at radius 2 is 0.873 bits per heavy atom. The van der Waals surface area contributed by atoms with E-state index >= 15 is 0 Å². The Morgan fingerprint density at radius 3 is 1.31 bits per heavy atom. The van der Waals surface area contributed by atoms with Gasteiger partial charge < -0.3 is 14.4 Å². The van der Waals surface area contributed by atoms with Crippen LogP contribution >= 0.6 is 7.82 Å². The number of carbonyl (C=O) groups excluding carboxylic acids is 2. The van der Waals surface area contributed by atoms with E-state index in [2.05, 4.69) is 67.0 Å². The first-order chi connectivity index (χ1) is 26.8. The van der Waals surface area contributed by atoms with Gasteiger partial charge in [-0.1, -0.05) is 165 Å². The van der Waals surface area contributed by atoms with E-state index in [4.69, 9.17) is 14.0 Å². The van der Waals surface area contributed by atoms with Gasteiger partial charge in [-0.15, -0.1) is 0 Å². The predicted octanol–water partition coefficient (Wildman–Crippen LogP) is 14.2. The molecule has 1 N–H and O–H groups in total. The van der Waals surface area contributed by atoms with Gasteiger partial charge in [0.1, 0.15) is 6.61 Å². The van der Waals surface area contributed by atoms with E-state index in [1.165, 1.54) is 103 Å². The number of unbranched alkanes of at least 4 members (excludes halogenated alkanes) is 22. The summed E-state index contributed by atoms with van der Waals surface area (Å²) in [5.41, 5.74) is 0. The second-order valence-electron chi connectivity index (χ2n) is 14.8. The van der Waals surface area contributed by atoms with Gasteiger partial charge in [-0.2, -0.15) is 0 Å². The van der Waals surface area contributed by atoms with Crippen molar-refractivity contribution < 1.29 is 37.6 Å². The Bertz CT molecular complexity index is 1040. The molecule has 2 atom stereocenters. The van der Waals surface area contributed by atoms with Gasteiger partial charge in [-0.3, -0.25) is 18.6 Å². The first kappa shape index (κ1) is 53.0. The zero-order valence-corrected chi connectivity index (χ0v) is 36.5. The van der Waals surface area contributed by atoms with Crippen molar-refractivity contribution in [2.24, 2.45) is 0 Å². The molecule has 0 spiro atoms. The van der Waals surface area contributed by atoms with Crippen LogP contribution in [0.4, 0.5) is 0 Å². The Kier molecular flexibility index (Phi) is 40.1. The molecule has 8 nitrogen and oxygen atoms in total. The Morgan fingerprint density at radius 1 is 0.509 bits per heavy atom. The number of hydrogen-bond acceptors (Lipinski definition) is 7. The summed E-state index contributed by atoms with van der Waals surface area (Å²) in [6.45, 7) is 3.84. The minimum Gasteiger partial charge on any atom is -0.462 e. The number of ether oxygens (including phenoxy) is 2. The third-order valence-corrected chi connectivity index (χ3v) is 10.5. The standard InChI is InChI=1S/C46H83O8P/c1-4-6-8-10-12-14-16-18-20-21-22-23-24-25-27-29-31-33-35-37-39-41-46(48)54-44(43-53-55(49,50)51-3)42-52-45(47)40-38-36-34-32-30-28-26-19-17-15-13-11-9-7-5-2/h13,15-16,18-19,21-22,26,44H,4-12,14,17,20,23-25,27-43H2,1-3H3,(H,49,50)/b15-13-,18-16-,22-21-,26-19-. The Labute approximate surface area is 338 Å². The number of phosphoric ester groups is 1. The van der Waals surface area contributed by atoms with Crippen LogP contribution in [0.25, 0.3) is 0 Å². The quantitative estimate of drug-likeness (QED) is 0.0282. The molecule has 0 amide bonds. The average molecular weight is 795 g/mol. The van der Waals surface area contributed by atoms with E-state index in [-0.39, 0.29) is 25.4 Å². The van der Waals surface area contributed by atoms with Crippen LogP contribution in [-0.2, 0) is 32.7 Å². The van der Waals surface area contributed by atoms with E-state index in [1.807, 2.05) is 0 Å². The first-order valence-corrected chi connectivity index (χ1v) is 23.8. The van der Waals surface area contributed by atoms with Crippen LogP contribution < -0.4 is 0 Å². The molecule has 0 rings (SSSR count). The van der Waals surface area contributed by atoms with Crippen LogP contribution in [0.1, 0.15) is 206 Å². The fraction of sp³-hybridized carbons (Fsp3) is 0.783. The third-order valence-electron chi connectivity index (χ3n) is 9.55. The normalized spacial score (nSPS) is 13.7. The topological polar surface area (TPSA) is 108 Å². The molecule has 0 heterocycles. The molecule has 0 aromatic rings. The van der Waals surface area contributed by atoms with Crippen molar-refractivity contribution in [2.45, 2.75) is 213 Å². The molecular formula is C46H83O8P. The maximum atomic E-state index is 12.5. The molecule has 2 unspecified atom stereocenters. The molecule has 0 aliphatic carbocycles. The fourth-order valence-corrected chi connectivity index (χ4v) is 6.53. The van der Waals surface area contributed by atoms with E-state index in [0.717, 1.165) is 77.7 Å². The van der Waals surface area contributed by atoms with Gasteiger partial charge in [0, 0.05) is 20.0 Å². The fourth-order valence-electron chi connectivity index (χ4n) is 6.07. The highest BCUT2D eigenvalue weighted by molar-refractivity contribution is 7.47. The maximum absolute atomic E-state index is 12.5. The Hall–Kier alpha value is -1.99. The summed E-state index contributed by atoms with van der Waals surface area (Å²) in [5, 5.41) is 0. The van der Waals surface area contributed by atoms with Crippen LogP contribution in [0.3, 0.4) is 0 Å². The van der Waals surface area contributed by atoms with Gasteiger partial charge in [0.05, 0.1) is 6.61 Å². The van der Waals surface area contributed by atoms with Crippen molar-refractivity contribution in [1.29, 1.82) is 0 Å². The van der Waals surface area contributed by atoms with Crippen molar-refractivity contribution in [2.75, 3.05) is 20.3 Å². The van der Waals surface area contributed by atoms with Crippen LogP contribution in [-0.4, -0.2) is 43.3 Å². The van der Waals surface area contributed by atoms with Gasteiger partial charge >= 0.3 is 19.8 Å². The minimum atomic E-state index is -4.27. The highest BCUT2D eigenvalue weighted by atomic mass is 31.2. The first-order valence-electron chi connectivity index (χ1n) is 22.3. The van der Waals surface area contributed by atoms with Gasteiger partial charge in [0.2, 0.25) is 0 Å². The largest absolute Gasteiger partial charge is 0.472 e. The zero-order valence-electron chi connectivity index (χ0n) is 35.6. The molecule has 0 saturated heterocycles. The molecule has 0 aromatic carbocycles.